The molecule has 0 amide bonds. The second-order valence-corrected chi connectivity index (χ2v) is 16.7. The van der Waals surface area contributed by atoms with Gasteiger partial charge in [-0.3, -0.25) is 0 Å². The molecule has 3 heterocycles. The fourth-order valence-electron chi connectivity index (χ4n) is 8.90. The van der Waals surface area contributed by atoms with Crippen LogP contribution < -0.4 is 0 Å². The SMILES string of the molecule is c1ccc(-c2nc(-c3ccccc3)nc(-c3cccc(-c4cccc5sc6ccc(-c7cccc(-c8ccc9c(c8)c8ccccc8n9-c8ccccc8)c7)cc6c45)c3)n2)cc1. The first-order valence-electron chi connectivity index (χ1n) is 20.8. The number of thiophene rings is 1. The zero-order chi connectivity index (χ0) is 41.0. The van der Waals surface area contributed by atoms with Gasteiger partial charge in [0.05, 0.1) is 11.0 Å². The van der Waals surface area contributed by atoms with Crippen LogP contribution in [0, 0.1) is 0 Å². The summed E-state index contributed by atoms with van der Waals surface area (Å²) < 4.78 is 4.89. The summed E-state index contributed by atoms with van der Waals surface area (Å²) in [5, 5.41) is 5.01. The highest BCUT2D eigenvalue weighted by atomic mass is 32.1. The standard InChI is InChI=1S/C57H36N4S/c1-4-15-37(16-5-1)55-58-56(38-17-6-2-7-18-38)60-57(59-55)44-22-13-21-43(34-44)46-26-14-28-53-54(46)49-36-42(30-32-52(49)62-53)40-20-12-19-39(33-40)41-29-31-51-48(35-41)47-25-10-11-27-50(47)61(51)45-23-8-3-9-24-45/h1-36H. The van der Waals surface area contributed by atoms with Crippen molar-refractivity contribution < 1.29 is 0 Å². The minimum Gasteiger partial charge on any atom is -0.309 e. The molecule has 5 heteroatoms. The Bertz CT molecular complexity index is 3570. The number of para-hydroxylation sites is 2. The van der Waals surface area contributed by atoms with Gasteiger partial charge in [-0.2, -0.15) is 0 Å². The Morgan fingerprint density at radius 1 is 0.306 bits per heavy atom. The highest BCUT2D eigenvalue weighted by molar-refractivity contribution is 7.26. The molecule has 0 fully saturated rings. The van der Waals surface area contributed by atoms with Crippen molar-refractivity contribution in [2.24, 2.45) is 0 Å². The van der Waals surface area contributed by atoms with Crippen molar-refractivity contribution in [3.63, 3.8) is 0 Å². The lowest BCUT2D eigenvalue weighted by molar-refractivity contribution is 1.07. The second kappa shape index (κ2) is 14.9. The van der Waals surface area contributed by atoms with Gasteiger partial charge in [0.15, 0.2) is 17.5 Å². The highest BCUT2D eigenvalue weighted by Crippen LogP contribution is 2.43. The Hall–Kier alpha value is -7.99. The molecule has 0 aliphatic heterocycles. The number of aromatic nitrogens is 4. The minimum absolute atomic E-state index is 0.644. The Morgan fingerprint density at radius 3 is 1.52 bits per heavy atom. The van der Waals surface area contributed by atoms with E-state index in [0.29, 0.717) is 17.5 Å². The lowest BCUT2D eigenvalue weighted by Crippen LogP contribution is -2.00. The first kappa shape index (κ1) is 35.9. The van der Waals surface area contributed by atoms with Crippen LogP contribution in [0.2, 0.25) is 0 Å². The maximum atomic E-state index is 5.03. The molecule has 0 aliphatic rings. The number of fused-ring (bicyclic) bond motifs is 6. The monoisotopic (exact) mass is 808 g/mol. The summed E-state index contributed by atoms with van der Waals surface area (Å²) in [4.78, 5) is 15.0. The van der Waals surface area contributed by atoms with Crippen molar-refractivity contribution in [2.45, 2.75) is 0 Å². The Morgan fingerprint density at radius 2 is 0.806 bits per heavy atom. The molecule has 9 aromatic carbocycles. The van der Waals surface area contributed by atoms with E-state index in [4.69, 9.17) is 15.0 Å². The molecule has 12 rings (SSSR count). The van der Waals surface area contributed by atoms with E-state index in [9.17, 15) is 0 Å². The second-order valence-electron chi connectivity index (χ2n) is 15.6. The van der Waals surface area contributed by atoms with Crippen molar-refractivity contribution >= 4 is 53.3 Å². The van der Waals surface area contributed by atoms with Crippen molar-refractivity contribution in [3.05, 3.63) is 218 Å². The number of nitrogens with zero attached hydrogens (tertiary/aromatic N) is 4. The van der Waals surface area contributed by atoms with Crippen LogP contribution in [0.4, 0.5) is 0 Å². The quantitative estimate of drug-likeness (QED) is 0.161. The smallest absolute Gasteiger partial charge is 0.164 e. The van der Waals surface area contributed by atoms with Gasteiger partial charge < -0.3 is 4.57 Å². The summed E-state index contributed by atoms with van der Waals surface area (Å²) in [6.45, 7) is 0. The van der Waals surface area contributed by atoms with E-state index in [2.05, 4.69) is 162 Å². The summed E-state index contributed by atoms with van der Waals surface area (Å²) in [6.07, 6.45) is 0. The zero-order valence-electron chi connectivity index (χ0n) is 33.5. The topological polar surface area (TPSA) is 43.6 Å². The van der Waals surface area contributed by atoms with Crippen LogP contribution in [-0.4, -0.2) is 19.5 Å². The van der Waals surface area contributed by atoms with Gasteiger partial charge in [-0.1, -0.05) is 158 Å². The predicted octanol–water partition coefficient (Wildman–Crippen LogP) is 15.3. The molecular weight excluding hydrogens is 773 g/mol. The minimum atomic E-state index is 0.644. The summed E-state index contributed by atoms with van der Waals surface area (Å²) in [7, 11) is 0. The lowest BCUT2D eigenvalue weighted by Gasteiger charge is -2.11. The largest absolute Gasteiger partial charge is 0.309 e. The van der Waals surface area contributed by atoms with Crippen LogP contribution in [0.5, 0.6) is 0 Å². The van der Waals surface area contributed by atoms with Gasteiger partial charge in [-0.15, -0.1) is 11.3 Å². The molecule has 4 nitrogen and oxygen atoms in total. The first-order chi connectivity index (χ1) is 30.7. The molecule has 0 aliphatic carbocycles. The van der Waals surface area contributed by atoms with Gasteiger partial charge in [0.2, 0.25) is 0 Å². The van der Waals surface area contributed by atoms with E-state index in [1.165, 1.54) is 75.5 Å². The fraction of sp³-hybridized carbons (Fsp3) is 0. The van der Waals surface area contributed by atoms with Crippen molar-refractivity contribution in [1.82, 2.24) is 19.5 Å². The predicted molar refractivity (Wildman–Crippen MR) is 260 cm³/mol. The van der Waals surface area contributed by atoms with Gasteiger partial charge in [0.1, 0.15) is 0 Å². The lowest BCUT2D eigenvalue weighted by atomic mass is 9.95. The average Bonchev–Trinajstić information content (AvgIpc) is 3.90. The summed E-state index contributed by atoms with van der Waals surface area (Å²) in [5.74, 6) is 1.95. The third kappa shape index (κ3) is 6.26. The van der Waals surface area contributed by atoms with Crippen molar-refractivity contribution in [2.75, 3.05) is 0 Å². The third-order valence-corrected chi connectivity index (χ3v) is 13.0. The van der Waals surface area contributed by atoms with Crippen molar-refractivity contribution in [3.8, 4) is 73.2 Å². The average molecular weight is 809 g/mol. The Balaban J connectivity index is 0.940. The molecule has 0 bridgehead atoms. The molecule has 12 aromatic rings. The number of rotatable bonds is 7. The van der Waals surface area contributed by atoms with Crippen LogP contribution in [0.3, 0.4) is 0 Å². The van der Waals surface area contributed by atoms with E-state index in [0.717, 1.165) is 22.3 Å². The molecule has 0 radical (unpaired) electrons. The normalized spacial score (nSPS) is 11.5. The van der Waals surface area contributed by atoms with E-state index in [1.54, 1.807) is 0 Å². The molecule has 0 N–H and O–H groups in total. The van der Waals surface area contributed by atoms with Crippen LogP contribution in [0.25, 0.3) is 115 Å². The maximum Gasteiger partial charge on any atom is 0.164 e. The first-order valence-corrected chi connectivity index (χ1v) is 21.7. The molecular formula is C57H36N4S. The number of benzene rings is 9. The Kier molecular flexibility index (Phi) is 8.65. The molecule has 290 valence electrons. The van der Waals surface area contributed by atoms with Gasteiger partial charge >= 0.3 is 0 Å². The van der Waals surface area contributed by atoms with Crippen molar-refractivity contribution in [1.29, 1.82) is 0 Å². The summed E-state index contributed by atoms with van der Waals surface area (Å²) >= 11 is 1.84. The highest BCUT2D eigenvalue weighted by Gasteiger charge is 2.17. The molecule has 3 aromatic heterocycles. The molecule has 62 heavy (non-hydrogen) atoms. The molecule has 0 spiro atoms. The summed E-state index contributed by atoms with van der Waals surface area (Å²) in [6, 6.07) is 77.7. The molecule has 0 saturated carbocycles. The van der Waals surface area contributed by atoms with Crippen LogP contribution in [-0.2, 0) is 0 Å². The number of hydrogen-bond acceptors (Lipinski definition) is 4. The van der Waals surface area contributed by atoms with E-state index < -0.39 is 0 Å². The van der Waals surface area contributed by atoms with Gasteiger partial charge in [-0.05, 0) is 94.0 Å². The molecule has 0 unspecified atom stereocenters. The maximum absolute atomic E-state index is 5.03. The van der Waals surface area contributed by atoms with E-state index in [-0.39, 0.29) is 0 Å². The number of hydrogen-bond donors (Lipinski definition) is 0. The van der Waals surface area contributed by atoms with Crippen LogP contribution in [0.1, 0.15) is 0 Å². The fourth-order valence-corrected chi connectivity index (χ4v) is 10.0. The van der Waals surface area contributed by atoms with Gasteiger partial charge in [-0.25, -0.2) is 15.0 Å². The Labute approximate surface area is 362 Å². The summed E-state index contributed by atoms with van der Waals surface area (Å²) in [5.41, 5.74) is 13.5. The third-order valence-electron chi connectivity index (χ3n) is 11.8. The van der Waals surface area contributed by atoms with Crippen LogP contribution >= 0.6 is 11.3 Å². The van der Waals surface area contributed by atoms with Gasteiger partial charge in [0, 0.05) is 53.3 Å². The molecule has 0 atom stereocenters. The van der Waals surface area contributed by atoms with E-state index in [1.807, 2.05) is 72.0 Å². The van der Waals surface area contributed by atoms with Crippen LogP contribution in [0.15, 0.2) is 218 Å². The molecule has 0 saturated heterocycles. The van der Waals surface area contributed by atoms with E-state index >= 15 is 0 Å². The zero-order valence-corrected chi connectivity index (χ0v) is 34.3. The van der Waals surface area contributed by atoms with Gasteiger partial charge in [0.25, 0.3) is 0 Å².